The second-order valence-electron chi connectivity index (χ2n) is 6.26. The molecule has 1 saturated heterocycles. The lowest BCUT2D eigenvalue weighted by molar-refractivity contribution is 0.0730. The SMILES string of the molecule is CCOc1cccc(C=NCc2ccc(S(=O)(=O)N3CCOCC3)cc2)c1O. The van der Waals surface area contributed by atoms with Crippen LogP contribution in [0.5, 0.6) is 11.5 Å². The van der Waals surface area contributed by atoms with E-state index in [1.807, 2.05) is 6.92 Å². The van der Waals surface area contributed by atoms with Gasteiger partial charge in [-0.15, -0.1) is 0 Å². The van der Waals surface area contributed by atoms with Gasteiger partial charge in [-0.1, -0.05) is 18.2 Å². The largest absolute Gasteiger partial charge is 0.504 e. The molecule has 150 valence electrons. The summed E-state index contributed by atoms with van der Waals surface area (Å²) in [5.74, 6) is 0.476. The molecule has 28 heavy (non-hydrogen) atoms. The number of hydrogen-bond donors (Lipinski definition) is 1. The lowest BCUT2D eigenvalue weighted by Gasteiger charge is -2.26. The Morgan fingerprint density at radius 2 is 1.89 bits per heavy atom. The van der Waals surface area contributed by atoms with Gasteiger partial charge in [0.1, 0.15) is 0 Å². The van der Waals surface area contributed by atoms with Crippen molar-refractivity contribution in [3.05, 3.63) is 53.6 Å². The highest BCUT2D eigenvalue weighted by molar-refractivity contribution is 7.89. The van der Waals surface area contributed by atoms with Gasteiger partial charge in [0.05, 0.1) is 31.3 Å². The summed E-state index contributed by atoms with van der Waals surface area (Å²) in [4.78, 5) is 4.61. The molecule has 0 radical (unpaired) electrons. The number of sulfonamides is 1. The zero-order chi connectivity index (χ0) is 20.0. The highest BCUT2D eigenvalue weighted by atomic mass is 32.2. The third kappa shape index (κ3) is 4.70. The van der Waals surface area contributed by atoms with E-state index in [9.17, 15) is 13.5 Å². The van der Waals surface area contributed by atoms with Gasteiger partial charge in [0.15, 0.2) is 11.5 Å². The van der Waals surface area contributed by atoms with Crippen LogP contribution >= 0.6 is 0 Å². The van der Waals surface area contributed by atoms with E-state index >= 15 is 0 Å². The second kappa shape index (κ2) is 9.18. The van der Waals surface area contributed by atoms with E-state index < -0.39 is 10.0 Å². The van der Waals surface area contributed by atoms with Crippen molar-refractivity contribution >= 4 is 16.2 Å². The van der Waals surface area contributed by atoms with Crippen LogP contribution in [0.3, 0.4) is 0 Å². The van der Waals surface area contributed by atoms with Crippen LogP contribution in [0.4, 0.5) is 0 Å². The molecular weight excluding hydrogens is 380 g/mol. The van der Waals surface area contributed by atoms with Crippen LogP contribution in [0.2, 0.25) is 0 Å². The molecule has 0 aromatic heterocycles. The monoisotopic (exact) mass is 404 g/mol. The van der Waals surface area contributed by atoms with E-state index in [0.29, 0.717) is 50.8 Å². The summed E-state index contributed by atoms with van der Waals surface area (Å²) in [7, 11) is -3.49. The molecule has 1 heterocycles. The summed E-state index contributed by atoms with van der Waals surface area (Å²) in [5, 5.41) is 10.2. The first kappa shape index (κ1) is 20.3. The van der Waals surface area contributed by atoms with Crippen molar-refractivity contribution < 1.29 is 23.0 Å². The Morgan fingerprint density at radius 1 is 1.18 bits per heavy atom. The van der Waals surface area contributed by atoms with Crippen molar-refractivity contribution in [3.8, 4) is 11.5 Å². The number of aliphatic imine (C=N–C) groups is 1. The fourth-order valence-electron chi connectivity index (χ4n) is 2.87. The number of aromatic hydroxyl groups is 1. The average molecular weight is 404 g/mol. The fraction of sp³-hybridized carbons (Fsp3) is 0.350. The maximum atomic E-state index is 12.6. The molecule has 0 amide bonds. The molecule has 8 heteroatoms. The quantitative estimate of drug-likeness (QED) is 0.716. The molecule has 0 saturated carbocycles. The molecular formula is C20H24N2O5S. The summed E-state index contributed by atoms with van der Waals surface area (Å²) < 4.78 is 37.3. The van der Waals surface area contributed by atoms with Crippen molar-refractivity contribution in [1.82, 2.24) is 4.31 Å². The molecule has 0 unspecified atom stereocenters. The standard InChI is InChI=1S/C20H24N2O5S/c1-2-27-19-5-3-4-17(20(19)23)15-21-14-16-6-8-18(9-7-16)28(24,25)22-10-12-26-13-11-22/h3-9,15,23H,2,10-14H2,1H3. The molecule has 0 spiro atoms. The topological polar surface area (TPSA) is 88.4 Å². The molecule has 1 fully saturated rings. The highest BCUT2D eigenvalue weighted by Gasteiger charge is 2.25. The minimum absolute atomic E-state index is 0.0556. The maximum absolute atomic E-state index is 12.6. The summed E-state index contributed by atoms with van der Waals surface area (Å²) >= 11 is 0. The number of hydrogen-bond acceptors (Lipinski definition) is 6. The van der Waals surface area contributed by atoms with Crippen molar-refractivity contribution in [2.24, 2.45) is 4.99 Å². The van der Waals surface area contributed by atoms with E-state index in [4.69, 9.17) is 9.47 Å². The molecule has 7 nitrogen and oxygen atoms in total. The predicted octanol–water partition coefficient (Wildman–Crippen LogP) is 2.43. The van der Waals surface area contributed by atoms with E-state index in [2.05, 4.69) is 4.99 Å². The Bertz CT molecular complexity index is 920. The lowest BCUT2D eigenvalue weighted by Crippen LogP contribution is -2.40. The Balaban J connectivity index is 1.66. The molecule has 2 aromatic carbocycles. The van der Waals surface area contributed by atoms with Crippen molar-refractivity contribution in [1.29, 1.82) is 0 Å². The smallest absolute Gasteiger partial charge is 0.243 e. The van der Waals surface area contributed by atoms with Gasteiger partial charge in [-0.25, -0.2) is 8.42 Å². The van der Waals surface area contributed by atoms with Crippen LogP contribution in [0.25, 0.3) is 0 Å². The number of morpholine rings is 1. The van der Waals surface area contributed by atoms with E-state index in [0.717, 1.165) is 5.56 Å². The Hall–Kier alpha value is -2.42. The van der Waals surface area contributed by atoms with Crippen LogP contribution in [0.1, 0.15) is 18.1 Å². The number of nitrogens with zero attached hydrogens (tertiary/aromatic N) is 2. The van der Waals surface area contributed by atoms with Crippen molar-refractivity contribution in [2.75, 3.05) is 32.9 Å². The number of para-hydroxylation sites is 1. The first-order chi connectivity index (χ1) is 13.5. The molecule has 3 rings (SSSR count). The zero-order valence-corrected chi connectivity index (χ0v) is 16.6. The molecule has 0 bridgehead atoms. The van der Waals surface area contributed by atoms with Gasteiger partial charge in [-0.05, 0) is 36.8 Å². The predicted molar refractivity (Wildman–Crippen MR) is 107 cm³/mol. The third-order valence-electron chi connectivity index (χ3n) is 4.37. The van der Waals surface area contributed by atoms with Gasteiger partial charge < -0.3 is 14.6 Å². The van der Waals surface area contributed by atoms with Gasteiger partial charge in [-0.3, -0.25) is 4.99 Å². The van der Waals surface area contributed by atoms with Gasteiger partial charge in [0.2, 0.25) is 10.0 Å². The van der Waals surface area contributed by atoms with Crippen LogP contribution in [-0.4, -0.2) is 57.0 Å². The van der Waals surface area contributed by atoms with Crippen LogP contribution in [0, 0.1) is 0 Å². The zero-order valence-electron chi connectivity index (χ0n) is 15.7. The van der Waals surface area contributed by atoms with Crippen LogP contribution < -0.4 is 4.74 Å². The van der Waals surface area contributed by atoms with Crippen LogP contribution in [0.15, 0.2) is 52.4 Å². The van der Waals surface area contributed by atoms with Gasteiger partial charge in [0.25, 0.3) is 0 Å². The Kier molecular flexibility index (Phi) is 6.66. The number of phenolic OH excluding ortho intramolecular Hbond substituents is 1. The summed E-state index contributed by atoms with van der Waals surface area (Å²) in [6.07, 6.45) is 1.58. The minimum Gasteiger partial charge on any atom is -0.504 e. The molecule has 0 atom stereocenters. The average Bonchev–Trinajstić information content (AvgIpc) is 2.72. The first-order valence-electron chi connectivity index (χ1n) is 9.14. The van der Waals surface area contributed by atoms with E-state index in [1.54, 1.807) is 48.7 Å². The number of ether oxygens (including phenoxy) is 2. The van der Waals surface area contributed by atoms with Crippen LogP contribution in [-0.2, 0) is 21.3 Å². The first-order valence-corrected chi connectivity index (χ1v) is 10.6. The normalized spacial score (nSPS) is 15.8. The summed E-state index contributed by atoms with van der Waals surface area (Å²) in [6.45, 7) is 4.28. The minimum atomic E-state index is -3.49. The van der Waals surface area contributed by atoms with Gasteiger partial charge in [-0.2, -0.15) is 4.31 Å². The summed E-state index contributed by atoms with van der Waals surface area (Å²) in [6, 6.07) is 11.9. The highest BCUT2D eigenvalue weighted by Crippen LogP contribution is 2.28. The number of phenols is 1. The lowest BCUT2D eigenvalue weighted by atomic mass is 10.2. The molecule has 1 aliphatic rings. The Labute approximate surface area is 165 Å². The fourth-order valence-corrected chi connectivity index (χ4v) is 4.28. The van der Waals surface area contributed by atoms with Gasteiger partial charge >= 0.3 is 0 Å². The Morgan fingerprint density at radius 3 is 2.57 bits per heavy atom. The van der Waals surface area contributed by atoms with E-state index in [-0.39, 0.29) is 10.6 Å². The molecule has 1 N–H and O–H groups in total. The third-order valence-corrected chi connectivity index (χ3v) is 6.28. The maximum Gasteiger partial charge on any atom is 0.243 e. The van der Waals surface area contributed by atoms with Gasteiger partial charge in [0, 0.05) is 24.9 Å². The summed E-state index contributed by atoms with van der Waals surface area (Å²) in [5.41, 5.74) is 1.44. The number of rotatable bonds is 7. The second-order valence-corrected chi connectivity index (χ2v) is 8.20. The molecule has 2 aromatic rings. The molecule has 0 aliphatic carbocycles. The van der Waals surface area contributed by atoms with E-state index in [1.165, 1.54) is 4.31 Å². The van der Waals surface area contributed by atoms with Crippen molar-refractivity contribution in [3.63, 3.8) is 0 Å². The van der Waals surface area contributed by atoms with Crippen molar-refractivity contribution in [2.45, 2.75) is 18.4 Å². The number of benzene rings is 2. The molecule has 1 aliphatic heterocycles.